The van der Waals surface area contributed by atoms with Gasteiger partial charge in [0.05, 0.1) is 12.7 Å². The van der Waals surface area contributed by atoms with Crippen LogP contribution in [0.2, 0.25) is 5.02 Å². The van der Waals surface area contributed by atoms with E-state index in [1.165, 1.54) is 32.5 Å². The highest BCUT2D eigenvalue weighted by molar-refractivity contribution is 6.30. The second-order valence-corrected chi connectivity index (χ2v) is 5.32. The Morgan fingerprint density at radius 2 is 1.93 bits per heavy atom. The van der Waals surface area contributed by atoms with Gasteiger partial charge in [-0.3, -0.25) is 24.4 Å². The summed E-state index contributed by atoms with van der Waals surface area (Å²) < 4.78 is 5.50. The van der Waals surface area contributed by atoms with E-state index in [1.807, 2.05) is 24.3 Å². The van der Waals surface area contributed by atoms with Crippen LogP contribution in [0.4, 0.5) is 0 Å². The maximum atomic E-state index is 10.8. The summed E-state index contributed by atoms with van der Waals surface area (Å²) in [6.45, 7) is 0. The molecule has 5 N–H and O–H groups in total. The third-order valence-corrected chi connectivity index (χ3v) is 3.34. The number of nitrogens with zero attached hydrogens (tertiary/aromatic N) is 1. The van der Waals surface area contributed by atoms with E-state index in [4.69, 9.17) is 22.7 Å². The molecule has 1 amide bonds. The van der Waals surface area contributed by atoms with Crippen LogP contribution in [0.15, 0.2) is 42.6 Å². The topological polar surface area (TPSA) is 141 Å². The first-order valence-corrected chi connectivity index (χ1v) is 8.16. The predicted molar refractivity (Wildman–Crippen MR) is 103 cm³/mol. The molecule has 8 nitrogen and oxygen atoms in total. The number of carbonyl (C=O) groups excluding carboxylic acids is 3. The minimum absolute atomic E-state index is 0.00926. The van der Waals surface area contributed by atoms with Crippen molar-refractivity contribution in [3.05, 3.63) is 64.2 Å². The standard InChI is InChI=1S/C10H11ClO2.C7H7N3O2.CH5N/c1-13-10(12)6-5-8-3-2-4-9(11)7-8;8-6-2-1-5(7(9)12)3-10(6)4-11;1-2/h2-4,7H,5-6H2,1H3;1-4,8H,(H2,9,12);2H2,1H3. The molecule has 0 radical (unpaired) electrons. The van der Waals surface area contributed by atoms with Gasteiger partial charge < -0.3 is 16.2 Å². The van der Waals surface area contributed by atoms with Gasteiger partial charge in [0.25, 0.3) is 0 Å². The molecule has 2 aromatic rings. The van der Waals surface area contributed by atoms with Gasteiger partial charge in [0.1, 0.15) is 5.49 Å². The highest BCUT2D eigenvalue weighted by Gasteiger charge is 2.01. The Labute approximate surface area is 162 Å². The van der Waals surface area contributed by atoms with Crippen LogP contribution in [0.5, 0.6) is 0 Å². The van der Waals surface area contributed by atoms with E-state index >= 15 is 0 Å². The Hall–Kier alpha value is -2.97. The van der Waals surface area contributed by atoms with Crippen molar-refractivity contribution < 1.29 is 19.1 Å². The first-order valence-electron chi connectivity index (χ1n) is 7.78. The number of hydrogen-bond donors (Lipinski definition) is 3. The minimum atomic E-state index is -0.620. The number of rotatable bonds is 5. The van der Waals surface area contributed by atoms with E-state index in [9.17, 15) is 14.4 Å². The molecule has 1 aromatic heterocycles. The van der Waals surface area contributed by atoms with Gasteiger partial charge in [0.2, 0.25) is 12.3 Å². The highest BCUT2D eigenvalue weighted by atomic mass is 35.5. The van der Waals surface area contributed by atoms with Gasteiger partial charge in [-0.05, 0) is 43.3 Å². The number of aryl methyl sites for hydroxylation is 1. The molecule has 0 saturated heterocycles. The van der Waals surface area contributed by atoms with Crippen LogP contribution < -0.4 is 17.0 Å². The molecule has 27 heavy (non-hydrogen) atoms. The fraction of sp³-hybridized carbons (Fsp3) is 0.222. The van der Waals surface area contributed by atoms with Crippen molar-refractivity contribution >= 4 is 29.9 Å². The highest BCUT2D eigenvalue weighted by Crippen LogP contribution is 2.12. The predicted octanol–water partition coefficient (Wildman–Crippen LogP) is 1.13. The molecule has 146 valence electrons. The number of benzene rings is 1. The minimum Gasteiger partial charge on any atom is -0.469 e. The second kappa shape index (κ2) is 13.3. The fourth-order valence-electron chi connectivity index (χ4n) is 1.79. The van der Waals surface area contributed by atoms with E-state index < -0.39 is 5.91 Å². The number of esters is 1. The molecule has 0 saturated carbocycles. The lowest BCUT2D eigenvalue weighted by molar-refractivity contribution is -0.140. The summed E-state index contributed by atoms with van der Waals surface area (Å²) in [7, 11) is 2.89. The Morgan fingerprint density at radius 3 is 2.44 bits per heavy atom. The Balaban J connectivity index is 0.000000460. The van der Waals surface area contributed by atoms with E-state index in [-0.39, 0.29) is 17.0 Å². The van der Waals surface area contributed by atoms with Gasteiger partial charge >= 0.3 is 5.97 Å². The fourth-order valence-corrected chi connectivity index (χ4v) is 2.00. The number of hydrogen-bond acceptors (Lipinski definition) is 6. The van der Waals surface area contributed by atoms with Gasteiger partial charge in [0.15, 0.2) is 0 Å². The summed E-state index contributed by atoms with van der Waals surface area (Å²) in [5.74, 6) is -0.814. The lowest BCUT2D eigenvalue weighted by Crippen LogP contribution is -2.21. The van der Waals surface area contributed by atoms with Gasteiger partial charge in [0, 0.05) is 17.6 Å². The summed E-state index contributed by atoms with van der Waals surface area (Å²) in [5.41, 5.74) is 10.7. The number of carbonyl (C=O) groups is 3. The van der Waals surface area contributed by atoms with E-state index in [1.54, 1.807) is 0 Å². The van der Waals surface area contributed by atoms with Crippen molar-refractivity contribution in [2.24, 2.45) is 11.5 Å². The lowest BCUT2D eigenvalue weighted by Gasteiger charge is -2.00. The third-order valence-electron chi connectivity index (χ3n) is 3.11. The summed E-state index contributed by atoms with van der Waals surface area (Å²) in [5, 5.41) is 7.88. The zero-order chi connectivity index (χ0) is 20.8. The molecule has 0 aliphatic carbocycles. The van der Waals surface area contributed by atoms with E-state index in [0.717, 1.165) is 10.1 Å². The van der Waals surface area contributed by atoms with Gasteiger partial charge in [-0.25, -0.2) is 0 Å². The summed E-state index contributed by atoms with van der Waals surface area (Å²) in [6, 6.07) is 10.2. The molecule has 0 aliphatic heterocycles. The van der Waals surface area contributed by atoms with Gasteiger partial charge in [-0.1, -0.05) is 23.7 Å². The SMILES string of the molecule is CN.COC(=O)CCc1cccc(Cl)c1.N=c1ccc(C(N)=O)cn1C=O. The number of pyridine rings is 1. The molecule has 1 heterocycles. The molecular weight excluding hydrogens is 372 g/mol. The molecule has 2 rings (SSSR count). The van der Waals surface area contributed by atoms with Crippen LogP contribution in [-0.2, 0) is 20.7 Å². The van der Waals surface area contributed by atoms with E-state index in [2.05, 4.69) is 10.5 Å². The second-order valence-electron chi connectivity index (χ2n) is 4.89. The third kappa shape index (κ3) is 9.34. The van der Waals surface area contributed by atoms with Crippen molar-refractivity contribution in [3.63, 3.8) is 0 Å². The number of primary amides is 1. The maximum Gasteiger partial charge on any atom is 0.305 e. The molecule has 9 heteroatoms. The maximum absolute atomic E-state index is 10.8. The largest absolute Gasteiger partial charge is 0.469 e. The number of halogens is 1. The van der Waals surface area contributed by atoms with Crippen molar-refractivity contribution in [2.75, 3.05) is 14.2 Å². The molecular formula is C18H23ClN4O4. The molecule has 0 fully saturated rings. The zero-order valence-electron chi connectivity index (χ0n) is 15.1. The molecule has 0 bridgehead atoms. The average Bonchev–Trinajstić information content (AvgIpc) is 2.68. The Kier molecular flexibility index (Phi) is 11.8. The number of amides is 1. The molecule has 0 atom stereocenters. The number of ether oxygens (including phenoxy) is 1. The normalized spacial score (nSPS) is 9.04. The Morgan fingerprint density at radius 1 is 1.26 bits per heavy atom. The lowest BCUT2D eigenvalue weighted by atomic mass is 10.1. The van der Waals surface area contributed by atoms with Crippen molar-refractivity contribution in [1.29, 1.82) is 5.41 Å². The molecule has 0 spiro atoms. The van der Waals surface area contributed by atoms with Crippen LogP contribution in [0.25, 0.3) is 0 Å². The van der Waals surface area contributed by atoms with Crippen LogP contribution in [0.3, 0.4) is 0 Å². The molecule has 0 aliphatic rings. The molecule has 0 unspecified atom stereocenters. The van der Waals surface area contributed by atoms with Crippen LogP contribution >= 0.6 is 11.6 Å². The van der Waals surface area contributed by atoms with Crippen molar-refractivity contribution in [1.82, 2.24) is 4.57 Å². The van der Waals surface area contributed by atoms with Crippen molar-refractivity contribution in [2.45, 2.75) is 12.8 Å². The summed E-state index contributed by atoms with van der Waals surface area (Å²) in [4.78, 5) is 31.7. The van der Waals surface area contributed by atoms with Crippen LogP contribution in [-0.4, -0.2) is 37.0 Å². The summed E-state index contributed by atoms with van der Waals surface area (Å²) >= 11 is 5.78. The van der Waals surface area contributed by atoms with Crippen LogP contribution in [0, 0.1) is 5.41 Å². The zero-order valence-corrected chi connectivity index (χ0v) is 15.9. The number of nitrogens with two attached hydrogens (primary N) is 2. The van der Waals surface area contributed by atoms with Crippen LogP contribution in [0.1, 0.15) is 22.3 Å². The van der Waals surface area contributed by atoms with Crippen molar-refractivity contribution in [3.8, 4) is 0 Å². The summed E-state index contributed by atoms with van der Waals surface area (Å²) in [6.07, 6.45) is 2.73. The van der Waals surface area contributed by atoms with Gasteiger partial charge in [-0.15, -0.1) is 0 Å². The van der Waals surface area contributed by atoms with Gasteiger partial charge in [-0.2, -0.15) is 0 Å². The Bertz CT molecular complexity index is 821. The monoisotopic (exact) mass is 394 g/mol. The quantitative estimate of drug-likeness (QED) is 0.514. The smallest absolute Gasteiger partial charge is 0.305 e. The average molecular weight is 395 g/mol. The molecule has 1 aromatic carbocycles. The number of aromatic nitrogens is 1. The first-order chi connectivity index (χ1) is 12.9. The first kappa shape index (κ1) is 24.0. The van der Waals surface area contributed by atoms with E-state index in [0.29, 0.717) is 24.3 Å². The number of nitrogens with one attached hydrogen (secondary N) is 1. The number of methoxy groups -OCH3 is 1.